The second-order valence-electron chi connectivity index (χ2n) is 7.83. The highest BCUT2D eigenvalue weighted by Crippen LogP contribution is 2.31. The molecule has 30 heavy (non-hydrogen) atoms. The van der Waals surface area contributed by atoms with Crippen LogP contribution in [0.15, 0.2) is 35.4 Å². The van der Waals surface area contributed by atoms with Crippen LogP contribution in [0.1, 0.15) is 53.7 Å². The third-order valence-electron chi connectivity index (χ3n) is 5.85. The lowest BCUT2D eigenvalue weighted by atomic mass is 9.84. The highest BCUT2D eigenvalue weighted by atomic mass is 32.2. The summed E-state index contributed by atoms with van der Waals surface area (Å²) in [5.74, 6) is -0.453. The summed E-state index contributed by atoms with van der Waals surface area (Å²) in [7, 11) is 0.845. The number of rotatable bonds is 3. The number of fused-ring (bicyclic) bond motifs is 1. The van der Waals surface area contributed by atoms with Crippen LogP contribution in [0.4, 0.5) is 10.1 Å². The van der Waals surface area contributed by atoms with Crippen molar-refractivity contribution in [3.8, 4) is 6.07 Å². The fraction of sp³-hybridized carbons (Fsp3) is 0.364. The minimum atomic E-state index is -0.931. The van der Waals surface area contributed by atoms with Crippen LogP contribution < -0.4 is 10.0 Å². The van der Waals surface area contributed by atoms with Gasteiger partial charge in [-0.25, -0.2) is 9.11 Å². The maximum absolute atomic E-state index is 13.6. The molecule has 1 aliphatic carbocycles. The van der Waals surface area contributed by atoms with Gasteiger partial charge >= 0.3 is 0 Å². The third kappa shape index (κ3) is 3.95. The molecule has 2 unspecified atom stereocenters. The van der Waals surface area contributed by atoms with Crippen LogP contribution >= 0.6 is 0 Å². The molecule has 0 spiro atoms. The average molecular weight is 426 g/mol. The van der Waals surface area contributed by atoms with Crippen LogP contribution in [0, 0.1) is 27.8 Å². The summed E-state index contributed by atoms with van der Waals surface area (Å²) in [6.45, 7) is 0. The summed E-state index contributed by atoms with van der Waals surface area (Å²) in [6.07, 6.45) is 11.9. The Bertz CT molecular complexity index is 1080. The van der Waals surface area contributed by atoms with Crippen LogP contribution in [-0.2, 0) is 17.9 Å². The lowest BCUT2D eigenvalue weighted by Gasteiger charge is -2.28. The number of hydrogen-bond acceptors (Lipinski definition) is 3. The number of aryl methyl sites for hydroxylation is 1. The number of nitrogens with zero attached hydrogens (tertiary/aromatic N) is 2. The first-order chi connectivity index (χ1) is 14.5. The molecule has 2 atom stereocenters. The van der Waals surface area contributed by atoms with Crippen molar-refractivity contribution < 1.29 is 9.18 Å². The Kier molecular flexibility index (Phi) is 5.84. The molecule has 0 saturated heterocycles. The van der Waals surface area contributed by atoms with Crippen molar-refractivity contribution in [2.75, 3.05) is 5.32 Å². The molecule has 1 aromatic heterocycles. The van der Waals surface area contributed by atoms with Gasteiger partial charge in [0.15, 0.2) is 0 Å². The number of nitrogens with one attached hydrogen (secondary N) is 3. The SMILES string of the molecule is Cn1cc2c(c1C(=O)Nc1ccc(F)c(C#N)c1)C=CC(C1CCCCC1)NS2=N. The number of carbonyl (C=O) groups is 1. The van der Waals surface area contributed by atoms with E-state index in [0.717, 1.165) is 23.3 Å². The third-order valence-corrected chi connectivity index (χ3v) is 7.12. The van der Waals surface area contributed by atoms with Gasteiger partial charge in [-0.05, 0) is 47.8 Å². The molecule has 3 N–H and O–H groups in total. The largest absolute Gasteiger partial charge is 0.345 e. The maximum atomic E-state index is 13.6. The minimum absolute atomic E-state index is 0.120. The fourth-order valence-electron chi connectivity index (χ4n) is 4.29. The minimum Gasteiger partial charge on any atom is -0.345 e. The Balaban J connectivity index is 1.62. The van der Waals surface area contributed by atoms with E-state index in [0.29, 0.717) is 17.3 Å². The van der Waals surface area contributed by atoms with Gasteiger partial charge in [0.05, 0.1) is 10.5 Å². The maximum Gasteiger partial charge on any atom is 0.272 e. The number of halogens is 1. The molecule has 0 bridgehead atoms. The number of nitriles is 1. The van der Waals surface area contributed by atoms with E-state index in [9.17, 15) is 9.18 Å². The summed E-state index contributed by atoms with van der Waals surface area (Å²) in [5.41, 5.74) is 1.42. The molecule has 1 amide bonds. The predicted molar refractivity (Wildman–Crippen MR) is 115 cm³/mol. The van der Waals surface area contributed by atoms with Gasteiger partial charge in [-0.2, -0.15) is 5.26 Å². The summed E-state index contributed by atoms with van der Waals surface area (Å²) in [4.78, 5) is 13.8. The van der Waals surface area contributed by atoms with Gasteiger partial charge in [0, 0.05) is 30.5 Å². The summed E-state index contributed by atoms with van der Waals surface area (Å²) >= 11 is 0. The number of anilines is 1. The van der Waals surface area contributed by atoms with Crippen molar-refractivity contribution >= 4 is 28.5 Å². The Morgan fingerprint density at radius 2 is 2.13 bits per heavy atom. The Labute approximate surface area is 177 Å². The standard InChI is InChI=1S/C22H24FN5OS/c1-28-13-20-17(8-10-19(27-30(20)25)14-5-3-2-4-6-14)21(28)22(29)26-16-7-9-18(23)15(11-16)12-24/h7-11,13-14,19H,2-6H2,1H3,(H2,25,27)(H,26,29). The molecule has 2 aliphatic rings. The molecule has 156 valence electrons. The molecule has 2 heterocycles. The van der Waals surface area contributed by atoms with Crippen molar-refractivity contribution in [3.05, 3.63) is 53.1 Å². The van der Waals surface area contributed by atoms with Gasteiger partial charge in [-0.15, -0.1) is 0 Å². The molecular formula is C22H24FN5OS. The molecule has 8 heteroatoms. The lowest BCUT2D eigenvalue weighted by molar-refractivity contribution is 0.101. The number of carbonyl (C=O) groups excluding carboxylic acids is 1. The van der Waals surface area contributed by atoms with Crippen molar-refractivity contribution in [1.29, 1.82) is 10.0 Å². The first-order valence-electron chi connectivity index (χ1n) is 10.1. The Hall–Kier alpha value is -2.76. The number of aromatic nitrogens is 1. The number of amides is 1. The molecular weight excluding hydrogens is 401 g/mol. The van der Waals surface area contributed by atoms with Crippen molar-refractivity contribution in [2.45, 2.75) is 43.0 Å². The van der Waals surface area contributed by atoms with Crippen LogP contribution in [0.2, 0.25) is 0 Å². The van der Waals surface area contributed by atoms with Crippen molar-refractivity contribution in [3.63, 3.8) is 0 Å². The fourth-order valence-corrected chi connectivity index (χ4v) is 5.61. The Morgan fingerprint density at radius 3 is 2.87 bits per heavy atom. The van der Waals surface area contributed by atoms with Gasteiger partial charge in [0.2, 0.25) is 0 Å². The quantitative estimate of drug-likeness (QED) is 0.675. The number of hydrogen-bond donors (Lipinski definition) is 3. The molecule has 1 saturated carbocycles. The molecule has 1 aliphatic heterocycles. The molecule has 6 nitrogen and oxygen atoms in total. The van der Waals surface area contributed by atoms with Gasteiger partial charge in [0.25, 0.3) is 5.91 Å². The van der Waals surface area contributed by atoms with Crippen LogP contribution in [0.25, 0.3) is 6.08 Å². The van der Waals surface area contributed by atoms with E-state index in [1.165, 1.54) is 37.5 Å². The van der Waals surface area contributed by atoms with E-state index >= 15 is 0 Å². The van der Waals surface area contributed by atoms with Crippen LogP contribution in [-0.4, -0.2) is 16.5 Å². The van der Waals surface area contributed by atoms with Crippen molar-refractivity contribution in [1.82, 2.24) is 9.29 Å². The first-order valence-corrected chi connectivity index (χ1v) is 11.3. The molecule has 1 aromatic carbocycles. The zero-order chi connectivity index (χ0) is 21.3. The second-order valence-corrected chi connectivity index (χ2v) is 9.12. The zero-order valence-electron chi connectivity index (χ0n) is 16.7. The van der Waals surface area contributed by atoms with Crippen LogP contribution in [0.5, 0.6) is 0 Å². The first kappa shape index (κ1) is 20.5. The monoisotopic (exact) mass is 425 g/mol. The lowest BCUT2D eigenvalue weighted by Crippen LogP contribution is -2.35. The average Bonchev–Trinajstić information content (AvgIpc) is 3.00. The topological polar surface area (TPSA) is 93.7 Å². The highest BCUT2D eigenvalue weighted by Gasteiger charge is 2.28. The summed E-state index contributed by atoms with van der Waals surface area (Å²) < 4.78 is 27.4. The van der Waals surface area contributed by atoms with Gasteiger partial charge < -0.3 is 9.88 Å². The predicted octanol–water partition coefficient (Wildman–Crippen LogP) is 4.51. The summed E-state index contributed by atoms with van der Waals surface area (Å²) in [6, 6.07) is 5.83. The Morgan fingerprint density at radius 1 is 1.37 bits per heavy atom. The zero-order valence-corrected chi connectivity index (χ0v) is 17.6. The highest BCUT2D eigenvalue weighted by molar-refractivity contribution is 7.84. The second kappa shape index (κ2) is 8.54. The molecule has 1 fully saturated rings. The van der Waals surface area contributed by atoms with E-state index < -0.39 is 16.7 Å². The van der Waals surface area contributed by atoms with Gasteiger partial charge in [0.1, 0.15) is 17.6 Å². The van der Waals surface area contributed by atoms with Gasteiger partial charge in [-0.1, -0.05) is 31.4 Å². The van der Waals surface area contributed by atoms with Gasteiger partial charge in [-0.3, -0.25) is 9.57 Å². The molecule has 0 radical (unpaired) electrons. The normalized spacial score (nSPS) is 21.5. The van der Waals surface area contributed by atoms with E-state index in [1.807, 2.05) is 12.3 Å². The summed E-state index contributed by atoms with van der Waals surface area (Å²) in [5, 5.41) is 11.8. The van der Waals surface area contributed by atoms with E-state index in [1.54, 1.807) is 17.7 Å². The van der Waals surface area contributed by atoms with E-state index in [2.05, 4.69) is 16.1 Å². The molecule has 4 rings (SSSR count). The van der Waals surface area contributed by atoms with Crippen molar-refractivity contribution in [2.24, 2.45) is 13.0 Å². The smallest absolute Gasteiger partial charge is 0.272 e. The van der Waals surface area contributed by atoms with E-state index in [4.69, 9.17) is 10.0 Å². The van der Waals surface area contributed by atoms with Crippen LogP contribution in [0.3, 0.4) is 0 Å². The molecule has 2 aromatic rings. The van der Waals surface area contributed by atoms with E-state index in [-0.39, 0.29) is 17.5 Å². The number of benzene rings is 1.